The lowest BCUT2D eigenvalue weighted by molar-refractivity contribution is -0.117. The SMILES string of the molecule is O=C(Nc1ccc(S(=O)O)c(F)c1)C1CC1. The van der Waals surface area contributed by atoms with Gasteiger partial charge in [-0.05, 0) is 31.0 Å². The van der Waals surface area contributed by atoms with Crippen LogP contribution in [0, 0.1) is 11.7 Å². The highest BCUT2D eigenvalue weighted by atomic mass is 32.2. The van der Waals surface area contributed by atoms with Crippen LogP contribution in [0.25, 0.3) is 0 Å². The van der Waals surface area contributed by atoms with E-state index in [-0.39, 0.29) is 16.7 Å². The molecule has 4 nitrogen and oxygen atoms in total. The van der Waals surface area contributed by atoms with E-state index in [1.165, 1.54) is 12.1 Å². The zero-order valence-electron chi connectivity index (χ0n) is 8.27. The highest BCUT2D eigenvalue weighted by Gasteiger charge is 2.29. The molecule has 0 spiro atoms. The van der Waals surface area contributed by atoms with Crippen molar-refractivity contribution in [2.24, 2.45) is 5.92 Å². The third kappa shape index (κ3) is 2.45. The summed E-state index contributed by atoms with van der Waals surface area (Å²) < 4.78 is 32.6. The van der Waals surface area contributed by atoms with Crippen molar-refractivity contribution in [2.75, 3.05) is 5.32 Å². The highest BCUT2D eigenvalue weighted by molar-refractivity contribution is 7.79. The molecule has 0 aliphatic heterocycles. The Balaban J connectivity index is 2.14. The number of benzene rings is 1. The number of carbonyl (C=O) groups is 1. The van der Waals surface area contributed by atoms with Gasteiger partial charge in [0.2, 0.25) is 5.91 Å². The minimum atomic E-state index is -2.35. The Kier molecular flexibility index (Phi) is 3.02. The number of halogens is 1. The van der Waals surface area contributed by atoms with E-state index in [9.17, 15) is 13.4 Å². The summed E-state index contributed by atoms with van der Waals surface area (Å²) in [6.07, 6.45) is 1.74. The van der Waals surface area contributed by atoms with Gasteiger partial charge in [-0.3, -0.25) is 4.79 Å². The van der Waals surface area contributed by atoms with E-state index in [4.69, 9.17) is 4.55 Å². The van der Waals surface area contributed by atoms with Crippen molar-refractivity contribution in [3.63, 3.8) is 0 Å². The molecule has 1 atom stereocenters. The second-order valence-electron chi connectivity index (χ2n) is 3.66. The van der Waals surface area contributed by atoms with Gasteiger partial charge in [-0.1, -0.05) is 0 Å². The summed E-state index contributed by atoms with van der Waals surface area (Å²) >= 11 is -2.35. The lowest BCUT2D eigenvalue weighted by Crippen LogP contribution is -2.13. The number of rotatable bonds is 3. The van der Waals surface area contributed by atoms with Gasteiger partial charge in [0.05, 0.1) is 0 Å². The summed E-state index contributed by atoms with van der Waals surface area (Å²) in [5, 5.41) is 2.55. The fourth-order valence-electron chi connectivity index (χ4n) is 1.31. The molecule has 1 aliphatic rings. The summed E-state index contributed by atoms with van der Waals surface area (Å²) in [5.74, 6) is -0.888. The number of carbonyl (C=O) groups excluding carboxylic acids is 1. The normalized spacial score (nSPS) is 16.9. The van der Waals surface area contributed by atoms with Gasteiger partial charge in [-0.15, -0.1) is 0 Å². The quantitative estimate of drug-likeness (QED) is 0.795. The molecule has 2 rings (SSSR count). The van der Waals surface area contributed by atoms with E-state index in [2.05, 4.69) is 5.32 Å². The van der Waals surface area contributed by atoms with Crippen LogP contribution in [0.4, 0.5) is 10.1 Å². The molecule has 0 heterocycles. The van der Waals surface area contributed by atoms with Gasteiger partial charge in [-0.2, -0.15) is 0 Å². The predicted octanol–water partition coefficient (Wildman–Crippen LogP) is 1.75. The third-order valence-electron chi connectivity index (χ3n) is 2.34. The Morgan fingerprint density at radius 1 is 1.50 bits per heavy atom. The first-order chi connectivity index (χ1) is 7.58. The van der Waals surface area contributed by atoms with Crippen LogP contribution in [0.15, 0.2) is 23.1 Å². The molecule has 6 heteroatoms. The van der Waals surface area contributed by atoms with Crippen LogP contribution < -0.4 is 5.32 Å². The molecule has 1 unspecified atom stereocenters. The number of amides is 1. The van der Waals surface area contributed by atoms with Gasteiger partial charge in [0.1, 0.15) is 10.7 Å². The molecule has 1 fully saturated rings. The van der Waals surface area contributed by atoms with Crippen LogP contribution in [-0.4, -0.2) is 14.7 Å². The summed E-state index contributed by atoms with van der Waals surface area (Å²) in [6, 6.07) is 3.64. The van der Waals surface area contributed by atoms with E-state index in [1.54, 1.807) is 0 Å². The molecule has 2 N–H and O–H groups in total. The molecule has 0 radical (unpaired) electrons. The van der Waals surface area contributed by atoms with E-state index >= 15 is 0 Å². The summed E-state index contributed by atoms with van der Waals surface area (Å²) in [4.78, 5) is 11.1. The zero-order valence-corrected chi connectivity index (χ0v) is 9.09. The van der Waals surface area contributed by atoms with Gasteiger partial charge in [0, 0.05) is 11.6 Å². The van der Waals surface area contributed by atoms with Crippen molar-refractivity contribution >= 4 is 22.7 Å². The van der Waals surface area contributed by atoms with E-state index in [0.717, 1.165) is 18.9 Å². The Morgan fingerprint density at radius 3 is 2.69 bits per heavy atom. The van der Waals surface area contributed by atoms with E-state index in [0.29, 0.717) is 5.69 Å². The first-order valence-electron chi connectivity index (χ1n) is 4.79. The Labute approximate surface area is 94.1 Å². The van der Waals surface area contributed by atoms with Crippen LogP contribution in [-0.2, 0) is 15.9 Å². The maximum absolute atomic E-state index is 13.3. The maximum atomic E-state index is 13.3. The third-order valence-corrected chi connectivity index (χ3v) is 3.04. The average Bonchev–Trinajstić information content (AvgIpc) is 2.99. The molecule has 1 saturated carbocycles. The Bertz CT molecular complexity index is 459. The van der Waals surface area contributed by atoms with Crippen LogP contribution >= 0.6 is 0 Å². The molecule has 1 aliphatic carbocycles. The Hall–Kier alpha value is -1.27. The van der Waals surface area contributed by atoms with Crippen molar-refractivity contribution < 1.29 is 17.9 Å². The minimum Gasteiger partial charge on any atom is -0.326 e. The van der Waals surface area contributed by atoms with Crippen molar-refractivity contribution in [3.8, 4) is 0 Å². The van der Waals surface area contributed by atoms with E-state index < -0.39 is 16.9 Å². The van der Waals surface area contributed by atoms with Gasteiger partial charge in [-0.25, -0.2) is 8.60 Å². The zero-order chi connectivity index (χ0) is 11.7. The molecule has 1 aromatic rings. The molecule has 0 saturated heterocycles. The van der Waals surface area contributed by atoms with Gasteiger partial charge >= 0.3 is 0 Å². The second kappa shape index (κ2) is 4.31. The predicted molar refractivity (Wildman–Crippen MR) is 56.8 cm³/mol. The first-order valence-corrected chi connectivity index (χ1v) is 5.90. The maximum Gasteiger partial charge on any atom is 0.227 e. The summed E-state index contributed by atoms with van der Waals surface area (Å²) in [7, 11) is 0. The molecule has 86 valence electrons. The standard InChI is InChI=1S/C10H10FNO3S/c11-8-5-7(3-4-9(8)16(14)15)12-10(13)6-1-2-6/h3-6H,1-2H2,(H,12,13)(H,14,15). The van der Waals surface area contributed by atoms with Crippen LogP contribution in [0.2, 0.25) is 0 Å². The number of nitrogens with one attached hydrogen (secondary N) is 1. The van der Waals surface area contributed by atoms with Gasteiger partial charge in [0.25, 0.3) is 0 Å². The van der Waals surface area contributed by atoms with Gasteiger partial charge < -0.3 is 9.87 Å². The lowest BCUT2D eigenvalue weighted by atomic mass is 10.3. The Morgan fingerprint density at radius 2 is 2.19 bits per heavy atom. The number of hydrogen-bond donors (Lipinski definition) is 2. The van der Waals surface area contributed by atoms with Crippen LogP contribution in [0.3, 0.4) is 0 Å². The average molecular weight is 243 g/mol. The fraction of sp³-hybridized carbons (Fsp3) is 0.300. The van der Waals surface area contributed by atoms with Crippen molar-refractivity contribution in [1.82, 2.24) is 0 Å². The molecular formula is C10H10FNO3S. The van der Waals surface area contributed by atoms with Gasteiger partial charge in [0.15, 0.2) is 11.1 Å². The monoisotopic (exact) mass is 243 g/mol. The minimum absolute atomic E-state index is 0.0368. The second-order valence-corrected chi connectivity index (χ2v) is 4.60. The smallest absolute Gasteiger partial charge is 0.227 e. The summed E-state index contributed by atoms with van der Waals surface area (Å²) in [5.41, 5.74) is 0.309. The topological polar surface area (TPSA) is 66.4 Å². The molecule has 1 amide bonds. The fourth-order valence-corrected chi connectivity index (χ4v) is 1.72. The largest absolute Gasteiger partial charge is 0.326 e. The molecular weight excluding hydrogens is 233 g/mol. The first kappa shape index (κ1) is 11.2. The van der Waals surface area contributed by atoms with Crippen molar-refractivity contribution in [1.29, 1.82) is 0 Å². The van der Waals surface area contributed by atoms with Crippen LogP contribution in [0.1, 0.15) is 12.8 Å². The molecule has 0 aromatic heterocycles. The molecule has 16 heavy (non-hydrogen) atoms. The van der Waals surface area contributed by atoms with Crippen molar-refractivity contribution in [3.05, 3.63) is 24.0 Å². The van der Waals surface area contributed by atoms with E-state index in [1.807, 2.05) is 0 Å². The lowest BCUT2D eigenvalue weighted by Gasteiger charge is -2.05. The molecule has 1 aromatic carbocycles. The van der Waals surface area contributed by atoms with Crippen LogP contribution in [0.5, 0.6) is 0 Å². The van der Waals surface area contributed by atoms with Crippen molar-refractivity contribution in [2.45, 2.75) is 17.7 Å². The number of anilines is 1. The highest BCUT2D eigenvalue weighted by Crippen LogP contribution is 2.30. The molecule has 0 bridgehead atoms. The summed E-state index contributed by atoms with van der Waals surface area (Å²) in [6.45, 7) is 0. The number of hydrogen-bond acceptors (Lipinski definition) is 2.